The van der Waals surface area contributed by atoms with Crippen LogP contribution in [0.15, 0.2) is 47.4 Å². The van der Waals surface area contributed by atoms with Crippen molar-refractivity contribution in [3.8, 4) is 0 Å². The van der Waals surface area contributed by atoms with E-state index in [1.165, 1.54) is 22.2 Å². The van der Waals surface area contributed by atoms with Crippen molar-refractivity contribution in [1.29, 1.82) is 0 Å². The molecular formula is C23H27FN2O3S2. The third-order valence-corrected chi connectivity index (χ3v) is 9.02. The van der Waals surface area contributed by atoms with Crippen LogP contribution in [0, 0.1) is 12.7 Å². The lowest BCUT2D eigenvalue weighted by molar-refractivity contribution is 0.488. The fraction of sp³-hybridized carbons (Fsp3) is 0.391. The van der Waals surface area contributed by atoms with Gasteiger partial charge in [-0.05, 0) is 77.3 Å². The molecule has 0 unspecified atom stereocenters. The van der Waals surface area contributed by atoms with Gasteiger partial charge in [0.15, 0.2) is 0 Å². The zero-order chi connectivity index (χ0) is 22.6. The van der Waals surface area contributed by atoms with E-state index in [1.807, 2.05) is 27.7 Å². The van der Waals surface area contributed by atoms with E-state index in [1.54, 1.807) is 24.3 Å². The largest absolute Gasteiger partial charge is 0.598 e. The van der Waals surface area contributed by atoms with E-state index in [9.17, 15) is 17.4 Å². The number of hydrogen-bond donors (Lipinski definition) is 1. The van der Waals surface area contributed by atoms with Crippen LogP contribution in [0.25, 0.3) is 10.9 Å². The summed E-state index contributed by atoms with van der Waals surface area (Å²) < 4.78 is 58.4. The highest BCUT2D eigenvalue weighted by Gasteiger charge is 2.37. The topological polar surface area (TPSA) is 74.2 Å². The summed E-state index contributed by atoms with van der Waals surface area (Å²) in [7, 11) is -3.88. The molecule has 2 atom stereocenters. The van der Waals surface area contributed by atoms with E-state index < -0.39 is 31.9 Å². The summed E-state index contributed by atoms with van der Waals surface area (Å²) in [5, 5.41) is 0.550. The Morgan fingerprint density at radius 1 is 1.16 bits per heavy atom. The molecule has 166 valence electrons. The molecule has 1 heterocycles. The highest BCUT2D eigenvalue weighted by molar-refractivity contribution is 7.91. The van der Waals surface area contributed by atoms with Crippen molar-refractivity contribution in [2.75, 3.05) is 0 Å². The normalized spacial score (nSPS) is 18.2. The Kier molecular flexibility index (Phi) is 5.70. The number of aromatic nitrogens is 1. The molecular weight excluding hydrogens is 435 g/mol. The molecule has 0 amide bonds. The first kappa shape index (κ1) is 22.3. The molecule has 3 aromatic rings. The molecule has 0 saturated carbocycles. The maximum absolute atomic E-state index is 14.2. The van der Waals surface area contributed by atoms with Gasteiger partial charge >= 0.3 is 0 Å². The van der Waals surface area contributed by atoms with Crippen molar-refractivity contribution in [3.05, 3.63) is 65.1 Å². The smallest absolute Gasteiger partial charge is 0.268 e. The number of nitrogens with zero attached hydrogens (tertiary/aromatic N) is 1. The van der Waals surface area contributed by atoms with Crippen LogP contribution in [-0.4, -0.2) is 21.7 Å². The van der Waals surface area contributed by atoms with E-state index >= 15 is 0 Å². The van der Waals surface area contributed by atoms with Gasteiger partial charge in [-0.25, -0.2) is 16.8 Å². The Bertz CT molecular complexity index is 1230. The number of nitrogens with one attached hydrogen (secondary N) is 1. The first-order valence-electron chi connectivity index (χ1n) is 10.3. The quantitative estimate of drug-likeness (QED) is 0.568. The maximum atomic E-state index is 14.2. The Labute approximate surface area is 186 Å². The van der Waals surface area contributed by atoms with Gasteiger partial charge in [-0.15, -0.1) is 4.72 Å². The molecule has 8 heteroatoms. The summed E-state index contributed by atoms with van der Waals surface area (Å²) in [5.74, 6) is -0.429. The van der Waals surface area contributed by atoms with E-state index in [0.717, 1.165) is 17.5 Å². The minimum atomic E-state index is -3.88. The Hall–Kier alpha value is -1.87. The van der Waals surface area contributed by atoms with Crippen LogP contribution >= 0.6 is 0 Å². The summed E-state index contributed by atoms with van der Waals surface area (Å²) in [5.41, 5.74) is 2.78. The molecule has 4 rings (SSSR count). The van der Waals surface area contributed by atoms with Crippen molar-refractivity contribution in [2.45, 2.75) is 62.6 Å². The molecule has 0 spiro atoms. The molecule has 0 saturated heterocycles. The highest BCUT2D eigenvalue weighted by atomic mass is 32.2. The van der Waals surface area contributed by atoms with Crippen LogP contribution < -0.4 is 4.72 Å². The van der Waals surface area contributed by atoms with Gasteiger partial charge in [0.1, 0.15) is 10.6 Å². The van der Waals surface area contributed by atoms with Gasteiger partial charge in [0.25, 0.3) is 10.0 Å². The molecule has 0 fully saturated rings. The second-order valence-corrected chi connectivity index (χ2v) is 12.8. The standard InChI is InChI=1S/C23H27FN2O3S2/c1-15-8-11-17(12-9-15)31(28,29)26-20-13-10-16(24)14-18(20)22-19(6-5-7-21(22)26)25-30(27)23(2,3)4/h8-14,19,25H,5-7H2,1-4H3/t19-,30-/m1/s1. The minimum Gasteiger partial charge on any atom is -0.598 e. The molecule has 5 nitrogen and oxygen atoms in total. The maximum Gasteiger partial charge on any atom is 0.268 e. The number of rotatable bonds is 4. The third kappa shape index (κ3) is 4.02. The molecule has 1 aliphatic carbocycles. The molecule has 1 aromatic heterocycles. The average Bonchev–Trinajstić information content (AvgIpc) is 3.02. The van der Waals surface area contributed by atoms with E-state index in [-0.39, 0.29) is 10.9 Å². The van der Waals surface area contributed by atoms with Crippen LogP contribution in [-0.2, 0) is 27.8 Å². The van der Waals surface area contributed by atoms with Gasteiger partial charge in [0.2, 0.25) is 0 Å². The van der Waals surface area contributed by atoms with Crippen molar-refractivity contribution in [2.24, 2.45) is 0 Å². The lowest BCUT2D eigenvalue weighted by atomic mass is 9.91. The summed E-state index contributed by atoms with van der Waals surface area (Å²) in [6, 6.07) is 10.6. The molecule has 0 aliphatic heterocycles. The monoisotopic (exact) mass is 462 g/mol. The van der Waals surface area contributed by atoms with Gasteiger partial charge < -0.3 is 4.55 Å². The average molecular weight is 463 g/mol. The number of fused-ring (bicyclic) bond motifs is 3. The molecule has 2 aromatic carbocycles. The minimum absolute atomic E-state index is 0.190. The molecule has 0 radical (unpaired) electrons. The van der Waals surface area contributed by atoms with Crippen molar-refractivity contribution < 1.29 is 17.4 Å². The lowest BCUT2D eigenvalue weighted by Crippen LogP contribution is -2.42. The first-order chi connectivity index (χ1) is 14.5. The number of aryl methyl sites for hydroxylation is 1. The SMILES string of the molecule is Cc1ccc(S(=O)(=O)n2c3c(c4cc(F)ccc42)[C@H](N[S@+]([O-])C(C)(C)C)CCC3)cc1. The Morgan fingerprint density at radius 2 is 1.84 bits per heavy atom. The molecule has 0 bridgehead atoms. The number of benzene rings is 2. The summed E-state index contributed by atoms with van der Waals surface area (Å²) in [4.78, 5) is 0.190. The number of halogens is 1. The predicted octanol–water partition coefficient (Wildman–Crippen LogP) is 4.76. The fourth-order valence-electron chi connectivity index (χ4n) is 4.07. The van der Waals surface area contributed by atoms with E-state index in [0.29, 0.717) is 29.4 Å². The first-order valence-corrected chi connectivity index (χ1v) is 12.9. The third-order valence-electron chi connectivity index (χ3n) is 5.64. The summed E-state index contributed by atoms with van der Waals surface area (Å²) >= 11 is -1.34. The Balaban J connectivity index is 1.94. The zero-order valence-electron chi connectivity index (χ0n) is 18.1. The van der Waals surface area contributed by atoms with Gasteiger partial charge in [-0.1, -0.05) is 17.7 Å². The van der Waals surface area contributed by atoms with Crippen LogP contribution in [0.2, 0.25) is 0 Å². The van der Waals surface area contributed by atoms with Crippen molar-refractivity contribution >= 4 is 32.3 Å². The van der Waals surface area contributed by atoms with E-state index in [4.69, 9.17) is 0 Å². The van der Waals surface area contributed by atoms with Gasteiger partial charge in [0.05, 0.1) is 16.5 Å². The van der Waals surface area contributed by atoms with Crippen LogP contribution in [0.3, 0.4) is 0 Å². The van der Waals surface area contributed by atoms with Crippen LogP contribution in [0.1, 0.15) is 56.5 Å². The summed E-state index contributed by atoms with van der Waals surface area (Å²) in [6.45, 7) is 7.54. The number of hydrogen-bond acceptors (Lipinski definition) is 4. The van der Waals surface area contributed by atoms with Gasteiger partial charge in [0, 0.05) is 28.0 Å². The fourth-order valence-corrected chi connectivity index (χ4v) is 6.50. The van der Waals surface area contributed by atoms with Crippen LogP contribution in [0.5, 0.6) is 0 Å². The highest BCUT2D eigenvalue weighted by Crippen LogP contribution is 2.41. The van der Waals surface area contributed by atoms with Gasteiger partial charge in [-0.3, -0.25) is 0 Å². The lowest BCUT2D eigenvalue weighted by Gasteiger charge is -2.30. The van der Waals surface area contributed by atoms with Crippen LogP contribution in [0.4, 0.5) is 4.39 Å². The molecule has 1 N–H and O–H groups in total. The van der Waals surface area contributed by atoms with Crippen molar-refractivity contribution in [3.63, 3.8) is 0 Å². The zero-order valence-corrected chi connectivity index (χ0v) is 19.7. The van der Waals surface area contributed by atoms with E-state index in [2.05, 4.69) is 4.72 Å². The van der Waals surface area contributed by atoms with Crippen molar-refractivity contribution in [1.82, 2.24) is 8.69 Å². The predicted molar refractivity (Wildman–Crippen MR) is 122 cm³/mol. The Morgan fingerprint density at radius 3 is 2.48 bits per heavy atom. The second-order valence-electron chi connectivity index (χ2n) is 9.05. The molecule has 31 heavy (non-hydrogen) atoms. The van der Waals surface area contributed by atoms with Gasteiger partial charge in [-0.2, -0.15) is 0 Å². The summed E-state index contributed by atoms with van der Waals surface area (Å²) in [6.07, 6.45) is 2.00. The second kappa shape index (κ2) is 7.92. The molecule has 1 aliphatic rings.